The molecule has 0 saturated carbocycles. The zero-order valence-electron chi connectivity index (χ0n) is 6.78. The van der Waals surface area contributed by atoms with Gasteiger partial charge in [0.1, 0.15) is 0 Å². The Kier molecular flexibility index (Phi) is 2.32. The summed E-state index contributed by atoms with van der Waals surface area (Å²) >= 11 is 0. The van der Waals surface area contributed by atoms with Crippen molar-refractivity contribution in [3.8, 4) is 0 Å². The van der Waals surface area contributed by atoms with E-state index in [4.69, 9.17) is 0 Å². The molecule has 0 aromatic carbocycles. The molecule has 1 rings (SSSR count). The molecule has 0 atom stereocenters. The van der Waals surface area contributed by atoms with Gasteiger partial charge in [-0.3, -0.25) is 0 Å². The molecular weight excluding hydrogens is 262 g/mol. The standard InChI is InChI=1S/C6F10/c7-1-2(8)4(9,10)3(1,5(11,12)13)6(14,15)16. The number of hydrogen-bond acceptors (Lipinski definition) is 0. The van der Waals surface area contributed by atoms with Crippen molar-refractivity contribution in [2.75, 3.05) is 0 Å². The van der Waals surface area contributed by atoms with Crippen LogP contribution in [0.2, 0.25) is 0 Å². The zero-order valence-corrected chi connectivity index (χ0v) is 6.78. The van der Waals surface area contributed by atoms with Crippen molar-refractivity contribution >= 4 is 0 Å². The molecule has 0 heterocycles. The lowest BCUT2D eigenvalue weighted by Gasteiger charge is -2.46. The van der Waals surface area contributed by atoms with E-state index < -0.39 is 35.3 Å². The van der Waals surface area contributed by atoms with Crippen molar-refractivity contribution in [3.63, 3.8) is 0 Å². The second kappa shape index (κ2) is 2.83. The van der Waals surface area contributed by atoms with Crippen LogP contribution in [0.5, 0.6) is 0 Å². The molecule has 0 spiro atoms. The van der Waals surface area contributed by atoms with Crippen molar-refractivity contribution in [2.24, 2.45) is 5.41 Å². The van der Waals surface area contributed by atoms with E-state index in [1.165, 1.54) is 0 Å². The van der Waals surface area contributed by atoms with E-state index in [-0.39, 0.29) is 0 Å². The molecule has 0 bridgehead atoms. The minimum atomic E-state index is -6.69. The summed E-state index contributed by atoms with van der Waals surface area (Å²) in [6.07, 6.45) is -13.4. The van der Waals surface area contributed by atoms with Gasteiger partial charge in [0.05, 0.1) is 0 Å². The third-order valence-corrected chi connectivity index (χ3v) is 2.12. The molecule has 0 aromatic rings. The molecule has 0 nitrogen and oxygen atoms in total. The highest BCUT2D eigenvalue weighted by atomic mass is 19.4. The average Bonchev–Trinajstić information content (AvgIpc) is 1.97. The summed E-state index contributed by atoms with van der Waals surface area (Å²) in [6, 6.07) is 0. The second-order valence-corrected chi connectivity index (χ2v) is 2.95. The van der Waals surface area contributed by atoms with Gasteiger partial charge in [-0.25, -0.2) is 8.78 Å². The van der Waals surface area contributed by atoms with Gasteiger partial charge in [-0.05, 0) is 0 Å². The maximum atomic E-state index is 12.4. The number of allylic oxidation sites excluding steroid dienone is 2. The lowest BCUT2D eigenvalue weighted by molar-refractivity contribution is -0.400. The Labute approximate surface area is 80.5 Å². The zero-order chi connectivity index (χ0) is 13.2. The molecule has 0 radical (unpaired) electrons. The number of hydrogen-bond donors (Lipinski definition) is 0. The molecule has 0 N–H and O–H groups in total. The van der Waals surface area contributed by atoms with Crippen LogP contribution in [-0.4, -0.2) is 18.3 Å². The van der Waals surface area contributed by atoms with Gasteiger partial charge in [0.2, 0.25) is 5.83 Å². The van der Waals surface area contributed by atoms with E-state index in [2.05, 4.69) is 0 Å². The number of alkyl halides is 8. The first-order valence-electron chi connectivity index (χ1n) is 3.39. The predicted molar refractivity (Wildman–Crippen MR) is 28.7 cm³/mol. The first-order chi connectivity index (χ1) is 6.82. The molecule has 1 aliphatic rings. The van der Waals surface area contributed by atoms with Gasteiger partial charge < -0.3 is 0 Å². The smallest absolute Gasteiger partial charge is 0.207 e. The van der Waals surface area contributed by atoms with Gasteiger partial charge in [-0.1, -0.05) is 0 Å². The summed E-state index contributed by atoms with van der Waals surface area (Å²) < 4.78 is 121. The molecule has 10 heteroatoms. The monoisotopic (exact) mass is 262 g/mol. The van der Waals surface area contributed by atoms with Crippen LogP contribution < -0.4 is 0 Å². The first-order valence-corrected chi connectivity index (χ1v) is 3.39. The van der Waals surface area contributed by atoms with Crippen LogP contribution in [0.1, 0.15) is 0 Å². The maximum Gasteiger partial charge on any atom is 0.416 e. The Bertz CT molecular complexity index is 327. The fourth-order valence-electron chi connectivity index (χ4n) is 1.31. The van der Waals surface area contributed by atoms with Crippen LogP contribution in [0.15, 0.2) is 11.7 Å². The van der Waals surface area contributed by atoms with Crippen molar-refractivity contribution in [3.05, 3.63) is 11.7 Å². The Balaban J connectivity index is 3.57. The summed E-state index contributed by atoms with van der Waals surface area (Å²) in [5.41, 5.74) is -6.07. The van der Waals surface area contributed by atoms with E-state index in [0.717, 1.165) is 0 Å². The van der Waals surface area contributed by atoms with E-state index in [9.17, 15) is 43.9 Å². The van der Waals surface area contributed by atoms with Gasteiger partial charge in [0, 0.05) is 0 Å². The summed E-state index contributed by atoms with van der Waals surface area (Å²) in [6.45, 7) is 0. The van der Waals surface area contributed by atoms with Crippen LogP contribution in [0.4, 0.5) is 43.9 Å². The van der Waals surface area contributed by atoms with E-state index >= 15 is 0 Å². The predicted octanol–water partition coefficient (Wildman–Crippen LogP) is 3.90. The van der Waals surface area contributed by atoms with Crippen LogP contribution in [0, 0.1) is 5.41 Å². The van der Waals surface area contributed by atoms with Crippen LogP contribution in [0.3, 0.4) is 0 Å². The maximum absolute atomic E-state index is 12.4. The fraction of sp³-hybridized carbons (Fsp3) is 0.667. The van der Waals surface area contributed by atoms with E-state index in [0.29, 0.717) is 0 Å². The molecule has 0 aliphatic heterocycles. The van der Waals surface area contributed by atoms with Crippen molar-refractivity contribution in [2.45, 2.75) is 18.3 Å². The summed E-state index contributed by atoms with van der Waals surface area (Å²) in [4.78, 5) is 0. The van der Waals surface area contributed by atoms with Crippen LogP contribution in [0.25, 0.3) is 0 Å². The summed E-state index contributed by atoms with van der Waals surface area (Å²) in [5.74, 6) is -12.9. The van der Waals surface area contributed by atoms with Gasteiger partial charge in [0.15, 0.2) is 5.83 Å². The number of halogens is 10. The van der Waals surface area contributed by atoms with E-state index in [1.807, 2.05) is 0 Å². The lowest BCUT2D eigenvalue weighted by atomic mass is 9.68. The van der Waals surface area contributed by atoms with Crippen molar-refractivity contribution in [1.29, 1.82) is 0 Å². The Morgan fingerprint density at radius 3 is 1.12 bits per heavy atom. The highest BCUT2D eigenvalue weighted by Gasteiger charge is 2.92. The highest BCUT2D eigenvalue weighted by Crippen LogP contribution is 2.72. The summed E-state index contributed by atoms with van der Waals surface area (Å²) in [7, 11) is 0. The largest absolute Gasteiger partial charge is 0.416 e. The fourth-order valence-corrected chi connectivity index (χ4v) is 1.31. The lowest BCUT2D eigenvalue weighted by Crippen LogP contribution is -2.67. The Hall–Kier alpha value is -0.960. The summed E-state index contributed by atoms with van der Waals surface area (Å²) in [5, 5.41) is 0. The highest BCUT2D eigenvalue weighted by molar-refractivity contribution is 5.40. The van der Waals surface area contributed by atoms with Crippen LogP contribution >= 0.6 is 0 Å². The minimum absolute atomic E-state index is 3.35. The third-order valence-electron chi connectivity index (χ3n) is 2.12. The van der Waals surface area contributed by atoms with Crippen LogP contribution in [-0.2, 0) is 0 Å². The first kappa shape index (κ1) is 13.1. The van der Waals surface area contributed by atoms with Gasteiger partial charge in [0.25, 0.3) is 5.41 Å². The third kappa shape index (κ3) is 1.07. The Morgan fingerprint density at radius 2 is 1.00 bits per heavy atom. The van der Waals surface area contributed by atoms with Gasteiger partial charge in [-0.15, -0.1) is 0 Å². The minimum Gasteiger partial charge on any atom is -0.207 e. The normalized spacial score (nSPS) is 24.4. The molecule has 16 heavy (non-hydrogen) atoms. The molecule has 1 aliphatic carbocycles. The molecule has 0 aromatic heterocycles. The molecule has 0 unspecified atom stereocenters. The average molecular weight is 262 g/mol. The van der Waals surface area contributed by atoms with Crippen molar-refractivity contribution < 1.29 is 43.9 Å². The van der Waals surface area contributed by atoms with Gasteiger partial charge in [-0.2, -0.15) is 35.1 Å². The molecule has 94 valence electrons. The quantitative estimate of drug-likeness (QED) is 0.581. The SMILES string of the molecule is FC1=C(F)C(C(F)(F)F)(C(F)(F)F)C1(F)F. The molecule has 0 saturated heterocycles. The molecule has 0 fully saturated rings. The topological polar surface area (TPSA) is 0 Å². The van der Waals surface area contributed by atoms with Gasteiger partial charge >= 0.3 is 18.3 Å². The van der Waals surface area contributed by atoms with Crippen molar-refractivity contribution in [1.82, 2.24) is 0 Å². The Morgan fingerprint density at radius 1 is 0.688 bits per heavy atom. The number of rotatable bonds is 0. The molecular formula is C6F10. The second-order valence-electron chi connectivity index (χ2n) is 2.95. The molecule has 0 amide bonds. The van der Waals surface area contributed by atoms with E-state index in [1.54, 1.807) is 0 Å².